The van der Waals surface area contributed by atoms with Crippen molar-refractivity contribution in [1.29, 1.82) is 0 Å². The molecule has 1 atom stereocenters. The number of piperidine rings is 1. The number of likely N-dealkylation sites (tertiary alicyclic amines) is 1. The fourth-order valence-electron chi connectivity index (χ4n) is 3.49. The molecular formula is C17H23ClF2N2O2. The molecule has 1 aromatic carbocycles. The Labute approximate surface area is 147 Å². The maximum absolute atomic E-state index is 13.2. The first-order valence-electron chi connectivity index (χ1n) is 8.10. The van der Waals surface area contributed by atoms with E-state index in [0.29, 0.717) is 5.41 Å². The molecule has 2 aliphatic heterocycles. The lowest BCUT2D eigenvalue weighted by atomic mass is 9.78. The summed E-state index contributed by atoms with van der Waals surface area (Å²) >= 11 is 0. The van der Waals surface area contributed by atoms with Gasteiger partial charge in [-0.1, -0.05) is 0 Å². The third-order valence-electron chi connectivity index (χ3n) is 5.02. The minimum absolute atomic E-state index is 0. The van der Waals surface area contributed by atoms with E-state index in [1.165, 1.54) is 12.5 Å². The Balaban J connectivity index is 0.00000208. The van der Waals surface area contributed by atoms with E-state index in [1.54, 1.807) is 6.92 Å². The number of amides is 1. The predicted molar refractivity (Wildman–Crippen MR) is 89.4 cm³/mol. The van der Waals surface area contributed by atoms with E-state index in [9.17, 15) is 13.6 Å². The normalized spacial score (nSPS) is 20.5. The van der Waals surface area contributed by atoms with Gasteiger partial charge in [-0.2, -0.15) is 0 Å². The number of hydrogen-bond donors (Lipinski definition) is 1. The number of nitrogens with one attached hydrogen (secondary N) is 1. The van der Waals surface area contributed by atoms with Crippen molar-refractivity contribution < 1.29 is 18.3 Å². The first kappa shape index (κ1) is 18.9. The molecule has 134 valence electrons. The minimum Gasteiger partial charge on any atom is -0.481 e. The number of ether oxygens (including phenoxy) is 1. The van der Waals surface area contributed by atoms with Crippen LogP contribution in [0.3, 0.4) is 0 Å². The molecule has 2 fully saturated rings. The molecule has 24 heavy (non-hydrogen) atoms. The van der Waals surface area contributed by atoms with Gasteiger partial charge in [-0.25, -0.2) is 8.78 Å². The van der Waals surface area contributed by atoms with Gasteiger partial charge >= 0.3 is 0 Å². The van der Waals surface area contributed by atoms with Crippen molar-refractivity contribution in [3.8, 4) is 5.75 Å². The molecule has 0 aliphatic carbocycles. The number of nitrogens with zero attached hydrogens (tertiary/aromatic N) is 1. The number of hydrogen-bond acceptors (Lipinski definition) is 3. The second-order valence-corrected chi connectivity index (χ2v) is 6.59. The van der Waals surface area contributed by atoms with Crippen molar-refractivity contribution in [3.63, 3.8) is 0 Å². The average molecular weight is 361 g/mol. The van der Waals surface area contributed by atoms with E-state index in [4.69, 9.17) is 4.74 Å². The molecular weight excluding hydrogens is 338 g/mol. The third kappa shape index (κ3) is 3.98. The summed E-state index contributed by atoms with van der Waals surface area (Å²) in [6.07, 6.45) is 2.47. The Morgan fingerprint density at radius 2 is 1.96 bits per heavy atom. The van der Waals surface area contributed by atoms with Crippen LogP contribution in [0.15, 0.2) is 18.2 Å². The van der Waals surface area contributed by atoms with Gasteiger partial charge in [-0.05, 0) is 50.3 Å². The molecule has 0 bridgehead atoms. The van der Waals surface area contributed by atoms with Crippen LogP contribution in [0.2, 0.25) is 0 Å². The molecule has 7 heteroatoms. The van der Waals surface area contributed by atoms with E-state index in [-0.39, 0.29) is 24.1 Å². The second-order valence-electron chi connectivity index (χ2n) is 6.59. The smallest absolute Gasteiger partial charge is 0.263 e. The Morgan fingerprint density at radius 1 is 1.25 bits per heavy atom. The zero-order valence-corrected chi connectivity index (χ0v) is 14.5. The van der Waals surface area contributed by atoms with Crippen LogP contribution in [0.4, 0.5) is 8.78 Å². The SMILES string of the molecule is CC(Oc1ccc(F)c(F)c1)C(=O)N1CCC2(CCNC2)CC1.Cl. The van der Waals surface area contributed by atoms with Crippen LogP contribution in [0.1, 0.15) is 26.2 Å². The van der Waals surface area contributed by atoms with Gasteiger partial charge in [0, 0.05) is 25.7 Å². The van der Waals surface area contributed by atoms with Gasteiger partial charge < -0.3 is 15.0 Å². The van der Waals surface area contributed by atoms with Crippen molar-refractivity contribution >= 4 is 18.3 Å². The van der Waals surface area contributed by atoms with Crippen molar-refractivity contribution in [2.75, 3.05) is 26.2 Å². The first-order valence-corrected chi connectivity index (χ1v) is 8.10. The molecule has 4 nitrogen and oxygen atoms in total. The van der Waals surface area contributed by atoms with Crippen LogP contribution in [0.25, 0.3) is 0 Å². The van der Waals surface area contributed by atoms with Crippen molar-refractivity contribution in [2.24, 2.45) is 5.41 Å². The largest absolute Gasteiger partial charge is 0.481 e. The van der Waals surface area contributed by atoms with E-state index in [2.05, 4.69) is 5.32 Å². The molecule has 3 rings (SSSR count). The molecule has 2 saturated heterocycles. The van der Waals surface area contributed by atoms with Crippen molar-refractivity contribution in [3.05, 3.63) is 29.8 Å². The highest BCUT2D eigenvalue weighted by Gasteiger charge is 2.38. The third-order valence-corrected chi connectivity index (χ3v) is 5.02. The average Bonchev–Trinajstić information content (AvgIpc) is 2.99. The van der Waals surface area contributed by atoms with Crippen LogP contribution in [0, 0.1) is 17.0 Å². The Bertz CT molecular complexity index is 584. The minimum atomic E-state index is -0.976. The Kier molecular flexibility index (Phi) is 6.04. The highest BCUT2D eigenvalue weighted by Crippen LogP contribution is 2.37. The standard InChI is InChI=1S/C17H22F2N2O2.ClH/c1-12(23-13-2-3-14(18)15(19)10-13)16(22)21-8-5-17(6-9-21)4-7-20-11-17;/h2-3,10,12,20H,4-9,11H2,1H3;1H. The lowest BCUT2D eigenvalue weighted by molar-refractivity contribution is -0.140. The summed E-state index contributed by atoms with van der Waals surface area (Å²) in [7, 11) is 0. The summed E-state index contributed by atoms with van der Waals surface area (Å²) in [5.74, 6) is -1.84. The monoisotopic (exact) mass is 360 g/mol. The molecule has 1 aromatic rings. The number of halogens is 3. The van der Waals surface area contributed by atoms with Gasteiger partial charge in [0.05, 0.1) is 0 Å². The summed E-state index contributed by atoms with van der Waals surface area (Å²) < 4.78 is 31.6. The van der Waals surface area contributed by atoms with Crippen LogP contribution >= 0.6 is 12.4 Å². The van der Waals surface area contributed by atoms with Crippen LogP contribution in [-0.2, 0) is 4.79 Å². The molecule has 0 radical (unpaired) electrons. The Morgan fingerprint density at radius 3 is 2.54 bits per heavy atom. The molecule has 1 N–H and O–H groups in total. The lowest BCUT2D eigenvalue weighted by Crippen LogP contribution is -2.48. The van der Waals surface area contributed by atoms with Gasteiger partial charge in [-0.15, -0.1) is 12.4 Å². The van der Waals surface area contributed by atoms with Crippen LogP contribution in [-0.4, -0.2) is 43.1 Å². The topological polar surface area (TPSA) is 41.6 Å². The number of rotatable bonds is 3. The molecule has 0 saturated carbocycles. The van der Waals surface area contributed by atoms with Crippen molar-refractivity contribution in [2.45, 2.75) is 32.3 Å². The van der Waals surface area contributed by atoms with Gasteiger partial charge in [0.25, 0.3) is 5.91 Å². The maximum atomic E-state index is 13.2. The fraction of sp³-hybridized carbons (Fsp3) is 0.588. The van der Waals surface area contributed by atoms with Gasteiger partial charge in [0.1, 0.15) is 5.75 Å². The lowest BCUT2D eigenvalue weighted by Gasteiger charge is -2.39. The van der Waals surface area contributed by atoms with Gasteiger partial charge in [-0.3, -0.25) is 4.79 Å². The predicted octanol–water partition coefficient (Wildman–Crippen LogP) is 2.76. The number of carbonyl (C=O) groups is 1. The summed E-state index contributed by atoms with van der Waals surface area (Å²) in [6, 6.07) is 3.30. The zero-order chi connectivity index (χ0) is 16.4. The van der Waals surface area contributed by atoms with Gasteiger partial charge in [0.2, 0.25) is 0 Å². The molecule has 1 unspecified atom stereocenters. The summed E-state index contributed by atoms with van der Waals surface area (Å²) in [4.78, 5) is 14.3. The second kappa shape index (κ2) is 7.66. The maximum Gasteiger partial charge on any atom is 0.263 e. The molecule has 0 aromatic heterocycles. The number of carbonyl (C=O) groups excluding carboxylic acids is 1. The molecule has 1 spiro atoms. The highest BCUT2D eigenvalue weighted by molar-refractivity contribution is 5.85. The number of benzene rings is 1. The Hall–Kier alpha value is -1.40. The summed E-state index contributed by atoms with van der Waals surface area (Å²) in [6.45, 7) is 5.20. The van der Waals surface area contributed by atoms with Gasteiger partial charge in [0.15, 0.2) is 17.7 Å². The molecule has 1 amide bonds. The van der Waals surface area contributed by atoms with Crippen LogP contribution in [0.5, 0.6) is 5.75 Å². The van der Waals surface area contributed by atoms with E-state index in [1.807, 2.05) is 4.90 Å². The van der Waals surface area contributed by atoms with E-state index in [0.717, 1.165) is 51.2 Å². The van der Waals surface area contributed by atoms with Crippen LogP contribution < -0.4 is 10.1 Å². The van der Waals surface area contributed by atoms with E-state index >= 15 is 0 Å². The zero-order valence-electron chi connectivity index (χ0n) is 13.7. The summed E-state index contributed by atoms with van der Waals surface area (Å²) in [5, 5.41) is 3.40. The van der Waals surface area contributed by atoms with Crippen molar-refractivity contribution in [1.82, 2.24) is 10.2 Å². The summed E-state index contributed by atoms with van der Waals surface area (Å²) in [5.41, 5.74) is 0.348. The van der Waals surface area contributed by atoms with E-state index < -0.39 is 17.7 Å². The molecule has 2 aliphatic rings. The highest BCUT2D eigenvalue weighted by atomic mass is 35.5. The first-order chi connectivity index (χ1) is 11.0. The fourth-order valence-corrected chi connectivity index (χ4v) is 3.49. The molecule has 2 heterocycles. The quantitative estimate of drug-likeness (QED) is 0.901.